The molecule has 28 heavy (non-hydrogen) atoms. The monoisotopic (exact) mass is 448 g/mol. The molecule has 0 atom stereocenters. The number of hydrogen-bond acceptors (Lipinski definition) is 4. The van der Waals surface area contributed by atoms with Crippen LogP contribution in [0.1, 0.15) is 17.1 Å². The Kier molecular flexibility index (Phi) is 5.14. The van der Waals surface area contributed by atoms with Gasteiger partial charge in [0.25, 0.3) is 5.91 Å². The third-order valence-corrected chi connectivity index (χ3v) is 6.15. The number of carbonyl (C=O) groups excluding carboxylic acids is 1. The number of aromatic nitrogens is 1. The van der Waals surface area contributed by atoms with E-state index in [1.807, 2.05) is 30.7 Å². The van der Waals surface area contributed by atoms with Crippen LogP contribution in [0.3, 0.4) is 0 Å². The number of benzene rings is 1. The number of thiocarbonyl (C=S) groups is 1. The zero-order chi connectivity index (χ0) is 20.0. The van der Waals surface area contributed by atoms with E-state index in [1.165, 1.54) is 16.8 Å². The highest BCUT2D eigenvalue weighted by atomic mass is 35.5. The number of thioether (sulfide) groups is 1. The van der Waals surface area contributed by atoms with Crippen molar-refractivity contribution in [3.8, 4) is 11.3 Å². The lowest BCUT2D eigenvalue weighted by Gasteiger charge is -2.20. The first kappa shape index (κ1) is 19.3. The zero-order valence-electron chi connectivity index (χ0n) is 14.9. The first-order valence-electron chi connectivity index (χ1n) is 8.33. The Bertz CT molecular complexity index is 1130. The molecule has 1 aliphatic heterocycles. The molecule has 0 aliphatic carbocycles. The van der Waals surface area contributed by atoms with Gasteiger partial charge >= 0.3 is 0 Å². The molecule has 3 heterocycles. The zero-order valence-corrected chi connectivity index (χ0v) is 18.0. The molecule has 4 rings (SSSR count). The van der Waals surface area contributed by atoms with Crippen LogP contribution in [0.25, 0.3) is 17.4 Å². The Balaban J connectivity index is 1.66. The highest BCUT2D eigenvalue weighted by Gasteiger charge is 2.35. The molecule has 0 radical (unpaired) electrons. The van der Waals surface area contributed by atoms with Crippen molar-refractivity contribution in [2.24, 2.45) is 0 Å². The van der Waals surface area contributed by atoms with Crippen LogP contribution in [-0.4, -0.2) is 14.9 Å². The maximum atomic E-state index is 12.9. The number of furan rings is 1. The highest BCUT2D eigenvalue weighted by molar-refractivity contribution is 8.27. The average Bonchev–Trinajstić information content (AvgIpc) is 3.31. The third-order valence-electron chi connectivity index (χ3n) is 4.30. The van der Waals surface area contributed by atoms with Crippen LogP contribution in [0.15, 0.2) is 51.8 Å². The summed E-state index contributed by atoms with van der Waals surface area (Å²) in [4.78, 5) is 13.4. The minimum absolute atomic E-state index is 0.184. The molecule has 0 bridgehead atoms. The number of halogens is 2. The van der Waals surface area contributed by atoms with Gasteiger partial charge in [-0.15, -0.1) is 0 Å². The van der Waals surface area contributed by atoms with Crippen LogP contribution in [-0.2, 0) is 4.79 Å². The fourth-order valence-corrected chi connectivity index (χ4v) is 4.60. The Labute approximate surface area is 181 Å². The average molecular weight is 449 g/mol. The summed E-state index contributed by atoms with van der Waals surface area (Å²) in [6.07, 6.45) is 1.69. The van der Waals surface area contributed by atoms with Gasteiger partial charge in [0.2, 0.25) is 0 Å². The predicted molar refractivity (Wildman–Crippen MR) is 119 cm³/mol. The van der Waals surface area contributed by atoms with Gasteiger partial charge in [-0.1, -0.05) is 35.0 Å². The molecule has 0 saturated carbocycles. The summed E-state index contributed by atoms with van der Waals surface area (Å²) in [6.45, 7) is 3.87. The molecule has 1 saturated heterocycles. The number of amides is 1. The fraction of sp³-hybridized carbons (Fsp3) is 0.100. The Morgan fingerprint density at radius 3 is 2.50 bits per heavy atom. The number of aryl methyl sites for hydroxylation is 2. The van der Waals surface area contributed by atoms with E-state index in [0.717, 1.165) is 11.4 Å². The minimum atomic E-state index is -0.184. The number of carbonyl (C=O) groups is 1. The summed E-state index contributed by atoms with van der Waals surface area (Å²) < 4.78 is 8.16. The van der Waals surface area contributed by atoms with Crippen molar-refractivity contribution >= 4 is 63.5 Å². The van der Waals surface area contributed by atoms with Crippen LogP contribution in [0.4, 0.5) is 0 Å². The lowest BCUT2D eigenvalue weighted by molar-refractivity contribution is -0.114. The van der Waals surface area contributed by atoms with E-state index in [4.69, 9.17) is 39.8 Å². The Hall–Kier alpha value is -1.99. The predicted octanol–water partition coefficient (Wildman–Crippen LogP) is 6.21. The molecule has 0 unspecified atom stereocenters. The van der Waals surface area contributed by atoms with Gasteiger partial charge in [0, 0.05) is 28.0 Å². The van der Waals surface area contributed by atoms with Crippen LogP contribution in [0.5, 0.6) is 0 Å². The van der Waals surface area contributed by atoms with Crippen molar-refractivity contribution in [2.75, 3.05) is 5.01 Å². The summed E-state index contributed by atoms with van der Waals surface area (Å²) in [5, 5.41) is 2.61. The molecular weight excluding hydrogens is 435 g/mol. The van der Waals surface area contributed by atoms with Gasteiger partial charge in [0.05, 0.1) is 9.93 Å². The normalized spacial score (nSPS) is 15.9. The van der Waals surface area contributed by atoms with Crippen molar-refractivity contribution in [2.45, 2.75) is 13.8 Å². The Morgan fingerprint density at radius 1 is 1.07 bits per heavy atom. The van der Waals surface area contributed by atoms with Crippen molar-refractivity contribution in [3.05, 3.63) is 74.6 Å². The largest absolute Gasteiger partial charge is 0.457 e. The fourth-order valence-electron chi connectivity index (χ4n) is 3.00. The SMILES string of the molecule is Cc1ccc(C)n1N1C(=O)C(=Cc2ccc(-c3cc(Cl)ccc3Cl)o2)SC1=S. The standard InChI is InChI=1S/C20H14Cl2N2O2S2/c1-11-3-4-12(2)23(11)24-19(25)18(28-20(24)27)10-14-6-8-17(26-14)15-9-13(21)5-7-16(15)22/h3-10H,1-2H3. The summed E-state index contributed by atoms with van der Waals surface area (Å²) in [5.74, 6) is 0.926. The van der Waals surface area contributed by atoms with Crippen molar-refractivity contribution < 1.29 is 9.21 Å². The van der Waals surface area contributed by atoms with Gasteiger partial charge in [-0.2, -0.15) is 5.01 Å². The van der Waals surface area contributed by atoms with Crippen molar-refractivity contribution in [1.29, 1.82) is 0 Å². The number of rotatable bonds is 3. The molecule has 1 amide bonds. The minimum Gasteiger partial charge on any atom is -0.457 e. The van der Waals surface area contributed by atoms with E-state index in [-0.39, 0.29) is 5.91 Å². The molecular formula is C20H14Cl2N2O2S2. The van der Waals surface area contributed by atoms with E-state index >= 15 is 0 Å². The second kappa shape index (κ2) is 7.44. The maximum Gasteiger partial charge on any atom is 0.285 e. The van der Waals surface area contributed by atoms with Crippen LogP contribution < -0.4 is 5.01 Å². The summed E-state index contributed by atoms with van der Waals surface area (Å²) in [6, 6.07) is 12.7. The van der Waals surface area contributed by atoms with Gasteiger partial charge in [-0.3, -0.25) is 9.47 Å². The highest BCUT2D eigenvalue weighted by Crippen LogP contribution is 2.35. The van der Waals surface area contributed by atoms with Crippen molar-refractivity contribution in [3.63, 3.8) is 0 Å². The van der Waals surface area contributed by atoms with Gasteiger partial charge < -0.3 is 4.42 Å². The van der Waals surface area contributed by atoms with Gasteiger partial charge in [0.1, 0.15) is 11.5 Å². The van der Waals surface area contributed by atoms with Crippen LogP contribution in [0.2, 0.25) is 10.0 Å². The van der Waals surface area contributed by atoms with E-state index in [9.17, 15) is 4.79 Å². The first-order valence-corrected chi connectivity index (χ1v) is 10.3. The smallest absolute Gasteiger partial charge is 0.285 e. The first-order chi connectivity index (χ1) is 13.3. The molecule has 0 N–H and O–H groups in total. The molecule has 4 nitrogen and oxygen atoms in total. The quantitative estimate of drug-likeness (QED) is 0.352. The van der Waals surface area contributed by atoms with E-state index < -0.39 is 0 Å². The third kappa shape index (κ3) is 3.42. The summed E-state index contributed by atoms with van der Waals surface area (Å²) in [7, 11) is 0. The summed E-state index contributed by atoms with van der Waals surface area (Å²) >= 11 is 19.0. The molecule has 142 valence electrons. The van der Waals surface area contributed by atoms with Gasteiger partial charge in [-0.05, 0) is 68.5 Å². The van der Waals surface area contributed by atoms with E-state index in [2.05, 4.69) is 0 Å². The van der Waals surface area contributed by atoms with Crippen molar-refractivity contribution in [1.82, 2.24) is 4.68 Å². The second-order valence-electron chi connectivity index (χ2n) is 6.25. The lowest BCUT2D eigenvalue weighted by Crippen LogP contribution is -2.39. The molecule has 1 aliphatic rings. The lowest BCUT2D eigenvalue weighted by atomic mass is 10.2. The van der Waals surface area contributed by atoms with Gasteiger partial charge in [0.15, 0.2) is 4.32 Å². The van der Waals surface area contributed by atoms with Crippen LogP contribution in [0, 0.1) is 13.8 Å². The van der Waals surface area contributed by atoms with E-state index in [1.54, 1.807) is 36.4 Å². The molecule has 3 aromatic rings. The van der Waals surface area contributed by atoms with E-state index in [0.29, 0.717) is 36.4 Å². The number of nitrogens with zero attached hydrogens (tertiary/aromatic N) is 2. The second-order valence-corrected chi connectivity index (χ2v) is 8.77. The topological polar surface area (TPSA) is 38.4 Å². The maximum absolute atomic E-state index is 12.9. The molecule has 1 fully saturated rings. The Morgan fingerprint density at radius 2 is 1.79 bits per heavy atom. The van der Waals surface area contributed by atoms with Gasteiger partial charge in [-0.25, -0.2) is 0 Å². The summed E-state index contributed by atoms with van der Waals surface area (Å²) in [5.41, 5.74) is 2.57. The molecule has 2 aromatic heterocycles. The molecule has 8 heteroatoms. The molecule has 0 spiro atoms. The molecule has 1 aromatic carbocycles. The number of hydrogen-bond donors (Lipinski definition) is 0. The van der Waals surface area contributed by atoms with Crippen LogP contribution >= 0.6 is 47.2 Å².